The van der Waals surface area contributed by atoms with Crippen LogP contribution in [0, 0.1) is 0 Å². The zero-order valence-corrected chi connectivity index (χ0v) is 25.9. The second kappa shape index (κ2) is 9.17. The minimum atomic E-state index is -0.530. The van der Waals surface area contributed by atoms with Crippen molar-refractivity contribution in [1.29, 1.82) is 0 Å². The molecule has 0 N–H and O–H groups in total. The lowest BCUT2D eigenvalue weighted by Crippen LogP contribution is -2.41. The maximum Gasteiger partial charge on any atom is 0.496 e. The van der Waals surface area contributed by atoms with Gasteiger partial charge < -0.3 is 18.6 Å². The van der Waals surface area contributed by atoms with Gasteiger partial charge in [0.2, 0.25) is 0 Å². The van der Waals surface area contributed by atoms with Gasteiger partial charge in [-0.15, -0.1) is 0 Å². The highest BCUT2D eigenvalue weighted by Crippen LogP contribution is 2.41. The van der Waals surface area contributed by atoms with Crippen molar-refractivity contribution in [3.05, 3.63) is 84.9 Å². The van der Waals surface area contributed by atoms with Crippen molar-refractivity contribution in [3.8, 4) is 11.1 Å². The first-order chi connectivity index (χ1) is 19.8. The molecule has 212 valence electrons. The van der Waals surface area contributed by atoms with Crippen molar-refractivity contribution < 1.29 is 18.6 Å². The second-order valence-electron chi connectivity index (χ2n) is 13.8. The van der Waals surface area contributed by atoms with E-state index in [4.69, 9.17) is 18.6 Å². The molecular weight excluding hydrogens is 518 g/mol. The molecule has 2 aliphatic heterocycles. The first-order valence-electron chi connectivity index (χ1n) is 15.0. The molecule has 0 atom stereocenters. The molecule has 0 unspecified atom stereocenters. The minimum Gasteiger partial charge on any atom is -0.399 e. The van der Waals surface area contributed by atoms with Gasteiger partial charge in [0.25, 0.3) is 0 Å². The van der Waals surface area contributed by atoms with E-state index in [0.717, 1.165) is 38.0 Å². The summed E-state index contributed by atoms with van der Waals surface area (Å²) in [6.45, 7) is 16.9. The van der Waals surface area contributed by atoms with Crippen LogP contribution in [0.15, 0.2) is 84.9 Å². The summed E-state index contributed by atoms with van der Waals surface area (Å²) in [5, 5.41) is 6.79. The van der Waals surface area contributed by atoms with Crippen LogP contribution < -0.4 is 10.9 Å². The Hall–Kier alpha value is -3.15. The van der Waals surface area contributed by atoms with Crippen LogP contribution in [0.2, 0.25) is 0 Å². The number of benzene rings is 5. The molecule has 2 aliphatic rings. The molecule has 0 aromatic heterocycles. The summed E-state index contributed by atoms with van der Waals surface area (Å²) in [5.74, 6) is 0. The van der Waals surface area contributed by atoms with Crippen LogP contribution in [0.4, 0.5) is 0 Å². The molecule has 5 aromatic carbocycles. The highest BCUT2D eigenvalue weighted by Gasteiger charge is 2.55. The average molecular weight is 556 g/mol. The molecular formula is C36H38B2O4. The van der Waals surface area contributed by atoms with E-state index in [2.05, 4.69) is 140 Å². The number of fused-ring (bicyclic) bond motifs is 3. The van der Waals surface area contributed by atoms with Crippen molar-refractivity contribution in [2.45, 2.75) is 77.8 Å². The van der Waals surface area contributed by atoms with Gasteiger partial charge in [-0.3, -0.25) is 0 Å². The molecule has 2 heterocycles. The van der Waals surface area contributed by atoms with Crippen molar-refractivity contribution >= 4 is 57.5 Å². The van der Waals surface area contributed by atoms with Gasteiger partial charge in [0.05, 0.1) is 22.4 Å². The predicted molar refractivity (Wildman–Crippen MR) is 176 cm³/mol. The Labute approximate surface area is 249 Å². The molecule has 0 radical (unpaired) electrons. The summed E-state index contributed by atoms with van der Waals surface area (Å²) in [6, 6.07) is 30.3. The van der Waals surface area contributed by atoms with Gasteiger partial charge in [0.1, 0.15) is 0 Å². The van der Waals surface area contributed by atoms with Gasteiger partial charge in [-0.1, -0.05) is 78.9 Å². The third-order valence-corrected chi connectivity index (χ3v) is 10.2. The van der Waals surface area contributed by atoms with Gasteiger partial charge in [-0.2, -0.15) is 0 Å². The summed E-state index contributed by atoms with van der Waals surface area (Å²) < 4.78 is 26.8. The molecule has 0 spiro atoms. The number of hydrogen-bond acceptors (Lipinski definition) is 4. The van der Waals surface area contributed by atoms with Crippen LogP contribution in [0.25, 0.3) is 43.4 Å². The van der Waals surface area contributed by atoms with E-state index in [0.29, 0.717) is 0 Å². The monoisotopic (exact) mass is 556 g/mol. The highest BCUT2D eigenvalue weighted by atomic mass is 16.7. The predicted octanol–water partition coefficient (Wildman–Crippen LogP) is 7.41. The van der Waals surface area contributed by atoms with Crippen molar-refractivity contribution in [3.63, 3.8) is 0 Å². The topological polar surface area (TPSA) is 36.9 Å². The van der Waals surface area contributed by atoms with E-state index >= 15 is 0 Å². The Morgan fingerprint density at radius 2 is 0.857 bits per heavy atom. The summed E-state index contributed by atoms with van der Waals surface area (Å²) in [5.41, 5.74) is 2.57. The molecule has 4 nitrogen and oxygen atoms in total. The van der Waals surface area contributed by atoms with Gasteiger partial charge in [0, 0.05) is 0 Å². The maximum absolute atomic E-state index is 6.73. The summed E-state index contributed by atoms with van der Waals surface area (Å²) in [6.07, 6.45) is 0. The van der Waals surface area contributed by atoms with Gasteiger partial charge in [-0.25, -0.2) is 0 Å². The second-order valence-corrected chi connectivity index (χ2v) is 13.8. The first kappa shape index (κ1) is 27.7. The lowest BCUT2D eigenvalue weighted by molar-refractivity contribution is 0.00578. The van der Waals surface area contributed by atoms with Crippen molar-refractivity contribution in [1.82, 2.24) is 0 Å². The third-order valence-electron chi connectivity index (χ3n) is 10.2. The standard InChI is InChI=1S/C36H38B2O4/c1-33(2)34(3,4)40-37(39-33)31-27-17-11-12-18-28(27)32(38-41-35(5,6)36(7,8)42-38)30-22-24(20-21-29(30)31)26-19-13-15-23-14-9-10-16-25(23)26/h9-22H,1-8H3. The van der Waals surface area contributed by atoms with Crippen LogP contribution >= 0.6 is 0 Å². The molecule has 2 saturated heterocycles. The van der Waals surface area contributed by atoms with Crippen LogP contribution in [0.5, 0.6) is 0 Å². The van der Waals surface area contributed by atoms with Crippen LogP contribution in [0.1, 0.15) is 55.4 Å². The van der Waals surface area contributed by atoms with Crippen LogP contribution in [0.3, 0.4) is 0 Å². The van der Waals surface area contributed by atoms with E-state index in [1.165, 1.54) is 16.3 Å². The molecule has 6 heteroatoms. The Bertz CT molecular complexity index is 1840. The summed E-state index contributed by atoms with van der Waals surface area (Å²) in [4.78, 5) is 0. The molecule has 0 bridgehead atoms. The molecule has 7 rings (SSSR count). The zero-order valence-electron chi connectivity index (χ0n) is 25.9. The van der Waals surface area contributed by atoms with E-state index in [9.17, 15) is 0 Å². The SMILES string of the molecule is CC1(C)OB(c2c3ccccc3c(B3OC(C)(C)C(C)(C)O3)c3cc(-c4cccc5ccccc45)ccc23)OC1(C)C. The van der Waals surface area contributed by atoms with E-state index in [1.807, 2.05) is 0 Å². The zero-order chi connectivity index (χ0) is 29.7. The molecule has 0 aliphatic carbocycles. The van der Waals surface area contributed by atoms with Gasteiger partial charge >= 0.3 is 14.2 Å². The van der Waals surface area contributed by atoms with Crippen LogP contribution in [-0.4, -0.2) is 36.6 Å². The fourth-order valence-corrected chi connectivity index (χ4v) is 6.32. The third kappa shape index (κ3) is 4.07. The average Bonchev–Trinajstić information content (AvgIpc) is 3.29. The quantitative estimate of drug-likeness (QED) is 0.171. The normalized spacial score (nSPS) is 20.7. The maximum atomic E-state index is 6.73. The summed E-state index contributed by atoms with van der Waals surface area (Å²) in [7, 11) is -1.05. The number of hydrogen-bond donors (Lipinski definition) is 0. The molecule has 0 amide bonds. The fourth-order valence-electron chi connectivity index (χ4n) is 6.32. The Morgan fingerprint density at radius 3 is 1.40 bits per heavy atom. The summed E-state index contributed by atoms with van der Waals surface area (Å²) >= 11 is 0. The van der Waals surface area contributed by atoms with E-state index in [1.54, 1.807) is 0 Å². The van der Waals surface area contributed by atoms with Crippen molar-refractivity contribution in [2.24, 2.45) is 0 Å². The molecule has 5 aromatic rings. The molecule has 0 saturated carbocycles. The Kier molecular flexibility index (Phi) is 6.04. The lowest BCUT2D eigenvalue weighted by Gasteiger charge is -2.32. The Balaban J connectivity index is 1.55. The van der Waals surface area contributed by atoms with Crippen molar-refractivity contribution in [2.75, 3.05) is 0 Å². The smallest absolute Gasteiger partial charge is 0.399 e. The largest absolute Gasteiger partial charge is 0.496 e. The van der Waals surface area contributed by atoms with E-state index < -0.39 is 36.6 Å². The first-order valence-corrected chi connectivity index (χ1v) is 15.0. The fraction of sp³-hybridized carbons (Fsp3) is 0.333. The Morgan fingerprint density at radius 1 is 0.429 bits per heavy atom. The van der Waals surface area contributed by atoms with Gasteiger partial charge in [-0.05, 0) is 116 Å². The minimum absolute atomic E-state index is 0.460. The van der Waals surface area contributed by atoms with Gasteiger partial charge in [0.15, 0.2) is 0 Å². The molecule has 2 fully saturated rings. The highest BCUT2D eigenvalue weighted by molar-refractivity contribution is 6.73. The molecule has 42 heavy (non-hydrogen) atoms. The van der Waals surface area contributed by atoms with Crippen LogP contribution in [-0.2, 0) is 18.6 Å². The van der Waals surface area contributed by atoms with E-state index in [-0.39, 0.29) is 0 Å². The lowest BCUT2D eigenvalue weighted by atomic mass is 9.66. The number of rotatable bonds is 3.